The van der Waals surface area contributed by atoms with Crippen molar-refractivity contribution in [2.75, 3.05) is 29.9 Å². The van der Waals surface area contributed by atoms with Crippen molar-refractivity contribution in [2.45, 2.75) is 64.9 Å². The maximum absolute atomic E-state index is 13.1. The van der Waals surface area contributed by atoms with Crippen molar-refractivity contribution in [3.05, 3.63) is 46.7 Å². The van der Waals surface area contributed by atoms with Crippen molar-refractivity contribution in [1.82, 2.24) is 19.9 Å². The zero-order valence-corrected chi connectivity index (χ0v) is 24.7. The summed E-state index contributed by atoms with van der Waals surface area (Å²) in [5, 5.41) is 12.3. The molecule has 14 heteroatoms. The van der Waals surface area contributed by atoms with Gasteiger partial charge in [-0.15, -0.1) is 13.2 Å². The van der Waals surface area contributed by atoms with Gasteiger partial charge in [-0.05, 0) is 69.3 Å². The van der Waals surface area contributed by atoms with E-state index < -0.39 is 18.2 Å². The minimum atomic E-state index is -4.83. The molecule has 2 aliphatic heterocycles. The highest BCUT2D eigenvalue weighted by atomic mass is 32.1. The van der Waals surface area contributed by atoms with Crippen LogP contribution in [0.1, 0.15) is 60.0 Å². The molecule has 43 heavy (non-hydrogen) atoms. The molecule has 1 aromatic carbocycles. The predicted octanol–water partition coefficient (Wildman–Crippen LogP) is 5.73. The van der Waals surface area contributed by atoms with E-state index in [0.717, 1.165) is 30.7 Å². The van der Waals surface area contributed by atoms with Crippen LogP contribution in [0.4, 0.5) is 24.1 Å². The van der Waals surface area contributed by atoms with Crippen LogP contribution in [0, 0.1) is 12.8 Å². The number of hydrogen-bond acceptors (Lipinski definition) is 9. The number of carboxylic acid groups (broad SMARTS) is 1. The number of alkyl halides is 3. The zero-order valence-electron chi connectivity index (χ0n) is 23.9. The number of aryl methyl sites for hydroxylation is 1. The molecule has 0 aliphatic carbocycles. The van der Waals surface area contributed by atoms with Gasteiger partial charge >= 0.3 is 12.3 Å². The van der Waals surface area contributed by atoms with Gasteiger partial charge < -0.3 is 14.7 Å². The van der Waals surface area contributed by atoms with Crippen LogP contribution in [-0.2, 0) is 11.3 Å². The van der Waals surface area contributed by atoms with Crippen LogP contribution in [-0.4, -0.2) is 68.9 Å². The molecule has 2 aromatic heterocycles. The quantitative estimate of drug-likeness (QED) is 0.310. The molecular weight excluding hydrogens is 585 g/mol. The lowest BCUT2D eigenvalue weighted by atomic mass is 9.97. The SMILES string of the molecule is CCC1CCCN1Cc1sc(NC(=O)c2cnc(N3CCC(C(=O)O)CC3)cn2)nc1-c1cc(C)cc(OC(F)(F)F)c1. The van der Waals surface area contributed by atoms with Gasteiger partial charge in [0, 0.05) is 36.1 Å². The molecule has 0 bridgehead atoms. The molecule has 2 fully saturated rings. The number of carbonyl (C=O) groups is 2. The fourth-order valence-electron chi connectivity index (χ4n) is 5.68. The number of piperidine rings is 1. The fraction of sp³-hybridized carbons (Fsp3) is 0.483. The van der Waals surface area contributed by atoms with Crippen LogP contribution in [0.15, 0.2) is 30.6 Å². The number of ether oxygens (including phenoxy) is 1. The number of nitrogens with one attached hydrogen (secondary N) is 1. The Kier molecular flexibility index (Phi) is 9.16. The molecule has 2 N–H and O–H groups in total. The highest BCUT2D eigenvalue weighted by Gasteiger charge is 2.32. The lowest BCUT2D eigenvalue weighted by Gasteiger charge is -2.30. The number of aliphatic carboxylic acids is 1. The molecule has 0 spiro atoms. The number of amides is 1. The average molecular weight is 619 g/mol. The molecule has 10 nitrogen and oxygen atoms in total. The van der Waals surface area contributed by atoms with Crippen molar-refractivity contribution in [3.63, 3.8) is 0 Å². The van der Waals surface area contributed by atoms with Gasteiger partial charge in [0.1, 0.15) is 17.3 Å². The number of halogens is 3. The van der Waals surface area contributed by atoms with Crippen LogP contribution >= 0.6 is 11.3 Å². The first kappa shape index (κ1) is 30.7. The molecular formula is C29H33F3N6O4S. The second kappa shape index (κ2) is 12.8. The minimum absolute atomic E-state index is 0.0736. The molecule has 1 amide bonds. The van der Waals surface area contributed by atoms with E-state index >= 15 is 0 Å². The highest BCUT2D eigenvalue weighted by molar-refractivity contribution is 7.16. The monoisotopic (exact) mass is 618 g/mol. The number of nitrogens with zero attached hydrogens (tertiary/aromatic N) is 5. The van der Waals surface area contributed by atoms with E-state index in [1.54, 1.807) is 13.0 Å². The Hall–Kier alpha value is -3.78. The Morgan fingerprint density at radius 3 is 2.53 bits per heavy atom. The summed E-state index contributed by atoms with van der Waals surface area (Å²) in [6, 6.07) is 4.78. The normalized spacial score (nSPS) is 18.2. The summed E-state index contributed by atoms with van der Waals surface area (Å²) < 4.78 is 43.2. The van der Waals surface area contributed by atoms with Crippen LogP contribution in [0.2, 0.25) is 0 Å². The lowest BCUT2D eigenvalue weighted by molar-refractivity contribution is -0.274. The summed E-state index contributed by atoms with van der Waals surface area (Å²) >= 11 is 1.28. The number of rotatable bonds is 9. The number of likely N-dealkylation sites (tertiary alicyclic amines) is 1. The summed E-state index contributed by atoms with van der Waals surface area (Å²) in [4.78, 5) is 42.7. The van der Waals surface area contributed by atoms with Crippen LogP contribution < -0.4 is 15.0 Å². The van der Waals surface area contributed by atoms with E-state index in [4.69, 9.17) is 0 Å². The second-order valence-electron chi connectivity index (χ2n) is 10.9. The summed E-state index contributed by atoms with van der Waals surface area (Å²) in [7, 11) is 0. The van der Waals surface area contributed by atoms with E-state index in [0.29, 0.717) is 66.3 Å². The first-order valence-corrected chi connectivity index (χ1v) is 15.0. The van der Waals surface area contributed by atoms with Gasteiger partial charge in [-0.2, -0.15) is 0 Å². The van der Waals surface area contributed by atoms with Gasteiger partial charge in [0.25, 0.3) is 5.91 Å². The largest absolute Gasteiger partial charge is 0.573 e. The van der Waals surface area contributed by atoms with Gasteiger partial charge in [0.2, 0.25) is 0 Å². The maximum atomic E-state index is 13.1. The smallest absolute Gasteiger partial charge is 0.481 e. The zero-order chi connectivity index (χ0) is 30.7. The molecule has 3 aromatic rings. The van der Waals surface area contributed by atoms with Crippen molar-refractivity contribution >= 4 is 34.2 Å². The maximum Gasteiger partial charge on any atom is 0.573 e. The topological polar surface area (TPSA) is 121 Å². The van der Waals surface area contributed by atoms with Crippen molar-refractivity contribution < 1.29 is 32.6 Å². The molecule has 2 saturated heterocycles. The molecule has 4 heterocycles. The summed E-state index contributed by atoms with van der Waals surface area (Å²) in [5.41, 5.74) is 1.61. The van der Waals surface area contributed by atoms with Crippen molar-refractivity contribution in [1.29, 1.82) is 0 Å². The summed E-state index contributed by atoms with van der Waals surface area (Å²) in [6.45, 7) is 6.35. The molecule has 0 saturated carbocycles. The Morgan fingerprint density at radius 1 is 1.12 bits per heavy atom. The summed E-state index contributed by atoms with van der Waals surface area (Å²) in [5.74, 6) is -1.46. The third kappa shape index (κ3) is 7.60. The highest BCUT2D eigenvalue weighted by Crippen LogP contribution is 2.37. The third-order valence-electron chi connectivity index (χ3n) is 7.83. The van der Waals surface area contributed by atoms with E-state index in [1.807, 2.05) is 4.90 Å². The molecule has 230 valence electrons. The van der Waals surface area contributed by atoms with E-state index in [2.05, 4.69) is 36.8 Å². The molecule has 2 aliphatic rings. The number of anilines is 2. The molecule has 5 rings (SSSR count). The van der Waals surface area contributed by atoms with Crippen LogP contribution in [0.25, 0.3) is 11.3 Å². The lowest BCUT2D eigenvalue weighted by Crippen LogP contribution is -2.36. The average Bonchev–Trinajstić information content (AvgIpc) is 3.58. The first-order valence-electron chi connectivity index (χ1n) is 14.2. The predicted molar refractivity (Wildman–Crippen MR) is 155 cm³/mol. The third-order valence-corrected chi connectivity index (χ3v) is 8.79. The molecule has 0 radical (unpaired) electrons. The number of thiazole rings is 1. The number of carbonyl (C=O) groups excluding carboxylic acids is 1. The van der Waals surface area contributed by atoms with E-state index in [1.165, 1.54) is 35.9 Å². The Bertz CT molecular complexity index is 1460. The van der Waals surface area contributed by atoms with Crippen molar-refractivity contribution in [3.8, 4) is 17.0 Å². The van der Waals surface area contributed by atoms with E-state index in [-0.39, 0.29) is 17.4 Å². The Balaban J connectivity index is 1.36. The first-order chi connectivity index (χ1) is 20.5. The number of benzene rings is 1. The van der Waals surface area contributed by atoms with Gasteiger partial charge in [-0.3, -0.25) is 19.8 Å². The number of aromatic nitrogens is 3. The van der Waals surface area contributed by atoms with Gasteiger partial charge in [0.05, 0.1) is 24.0 Å². The summed E-state index contributed by atoms with van der Waals surface area (Å²) in [6.07, 6.45) is 2.17. The van der Waals surface area contributed by atoms with Crippen molar-refractivity contribution in [2.24, 2.45) is 5.92 Å². The van der Waals surface area contributed by atoms with E-state index in [9.17, 15) is 27.9 Å². The second-order valence-corrected chi connectivity index (χ2v) is 11.9. The van der Waals surface area contributed by atoms with Crippen LogP contribution in [0.5, 0.6) is 5.75 Å². The Morgan fingerprint density at radius 2 is 1.88 bits per heavy atom. The fourth-order valence-corrected chi connectivity index (χ4v) is 6.69. The van der Waals surface area contributed by atoms with Gasteiger partial charge in [0.15, 0.2) is 5.13 Å². The molecule has 1 unspecified atom stereocenters. The minimum Gasteiger partial charge on any atom is -0.481 e. The molecule has 1 atom stereocenters. The van der Waals surface area contributed by atoms with Crippen LogP contribution in [0.3, 0.4) is 0 Å². The Labute approximate surface area is 250 Å². The number of hydrogen-bond donors (Lipinski definition) is 2. The van der Waals surface area contributed by atoms with Gasteiger partial charge in [-0.25, -0.2) is 15.0 Å². The van der Waals surface area contributed by atoms with Gasteiger partial charge in [-0.1, -0.05) is 18.3 Å². The number of carboxylic acids is 1. The standard InChI is InChI=1S/C29H33F3N6O4S/c1-3-20-5-4-8-38(20)16-23-25(19-11-17(2)12-21(13-19)42-29(30,31)32)35-28(43-23)36-26(39)22-14-34-24(15-33-22)37-9-6-18(7-10-37)27(40)41/h11-15,18,20H,3-10,16H2,1-2H3,(H,40,41)(H,35,36,39).